The number of carbonyl (C=O) groups is 1. The van der Waals surface area contributed by atoms with Gasteiger partial charge < -0.3 is 19.5 Å². The highest BCUT2D eigenvalue weighted by Crippen LogP contribution is 2.35. The molecule has 2 aromatic rings. The van der Waals surface area contributed by atoms with E-state index in [1.165, 1.54) is 4.31 Å². The molecule has 1 N–H and O–H groups in total. The lowest BCUT2D eigenvalue weighted by Gasteiger charge is -2.25. The molecule has 3 rings (SSSR count). The van der Waals surface area contributed by atoms with Gasteiger partial charge in [0.05, 0.1) is 18.5 Å². The molecule has 1 aliphatic heterocycles. The van der Waals surface area contributed by atoms with Crippen molar-refractivity contribution in [1.29, 1.82) is 0 Å². The monoisotopic (exact) mass is 490 g/mol. The molecule has 186 valence electrons. The van der Waals surface area contributed by atoms with Crippen molar-refractivity contribution in [3.05, 3.63) is 48.0 Å². The average Bonchev–Trinajstić information content (AvgIpc) is 2.78. The first-order valence-corrected chi connectivity index (χ1v) is 13.3. The van der Waals surface area contributed by atoms with E-state index in [0.717, 1.165) is 17.6 Å². The Labute approximate surface area is 202 Å². The molecule has 8 nitrogen and oxygen atoms in total. The summed E-state index contributed by atoms with van der Waals surface area (Å²) in [6.07, 6.45) is 1.73. The van der Waals surface area contributed by atoms with Crippen LogP contribution < -0.4 is 23.8 Å². The van der Waals surface area contributed by atoms with Gasteiger partial charge in [0.15, 0.2) is 11.5 Å². The summed E-state index contributed by atoms with van der Waals surface area (Å²) in [6.45, 7) is 8.17. The highest BCUT2D eigenvalue weighted by Gasteiger charge is 2.21. The minimum atomic E-state index is -3.52. The van der Waals surface area contributed by atoms with E-state index in [2.05, 4.69) is 26.1 Å². The number of ether oxygens (including phenoxy) is 3. The lowest BCUT2D eigenvalue weighted by atomic mass is 9.86. The quantitative estimate of drug-likeness (QED) is 0.513. The Kier molecular flexibility index (Phi) is 8.30. The first-order chi connectivity index (χ1) is 16.1. The summed E-state index contributed by atoms with van der Waals surface area (Å²) >= 11 is 0. The molecule has 0 saturated carbocycles. The van der Waals surface area contributed by atoms with E-state index < -0.39 is 10.0 Å². The standard InChI is InChI=1S/C25H34N2O6S/c1-25(2,3)20-8-5-6-9-21(20)31-15-13-26-24(28)10-7-14-27(34(4,29)30)19-11-12-22-23(18-19)33-17-16-32-22/h5-6,8-9,11-12,18H,7,10,13-17H2,1-4H3,(H,26,28). The van der Waals surface area contributed by atoms with E-state index in [0.29, 0.717) is 50.0 Å². The lowest BCUT2D eigenvalue weighted by Crippen LogP contribution is -2.33. The average molecular weight is 491 g/mol. The van der Waals surface area contributed by atoms with Gasteiger partial charge in [0.25, 0.3) is 0 Å². The van der Waals surface area contributed by atoms with Crippen LogP contribution >= 0.6 is 0 Å². The van der Waals surface area contributed by atoms with Crippen LogP contribution in [0.4, 0.5) is 5.69 Å². The van der Waals surface area contributed by atoms with Gasteiger partial charge in [0.1, 0.15) is 25.6 Å². The molecule has 0 fully saturated rings. The maximum absolute atomic E-state index is 12.4. The van der Waals surface area contributed by atoms with Gasteiger partial charge in [-0.2, -0.15) is 0 Å². The summed E-state index contributed by atoms with van der Waals surface area (Å²) < 4.78 is 42.9. The van der Waals surface area contributed by atoms with Crippen molar-refractivity contribution in [3.63, 3.8) is 0 Å². The second kappa shape index (κ2) is 11.0. The third-order valence-electron chi connectivity index (χ3n) is 5.36. The van der Waals surface area contributed by atoms with Crippen LogP contribution in [0, 0.1) is 0 Å². The van der Waals surface area contributed by atoms with E-state index in [1.807, 2.05) is 24.3 Å². The number of benzene rings is 2. The predicted octanol–water partition coefficient (Wildman–Crippen LogP) is 3.50. The minimum absolute atomic E-state index is 0.0392. The van der Waals surface area contributed by atoms with Crippen molar-refractivity contribution in [3.8, 4) is 17.2 Å². The van der Waals surface area contributed by atoms with Gasteiger partial charge in [-0.1, -0.05) is 39.0 Å². The number of fused-ring (bicyclic) bond motifs is 1. The highest BCUT2D eigenvalue weighted by atomic mass is 32.2. The first kappa shape index (κ1) is 25.7. The van der Waals surface area contributed by atoms with Crippen LogP contribution in [0.5, 0.6) is 17.2 Å². The van der Waals surface area contributed by atoms with Gasteiger partial charge in [-0.15, -0.1) is 0 Å². The normalized spacial score (nSPS) is 13.3. The number of hydrogen-bond donors (Lipinski definition) is 1. The molecule has 0 radical (unpaired) electrons. The van der Waals surface area contributed by atoms with Gasteiger partial charge in [0, 0.05) is 19.0 Å². The summed E-state index contributed by atoms with van der Waals surface area (Å²) in [5, 5.41) is 2.84. The molecule has 0 saturated heterocycles. The van der Waals surface area contributed by atoms with Crippen LogP contribution in [0.2, 0.25) is 0 Å². The first-order valence-electron chi connectivity index (χ1n) is 11.4. The fourth-order valence-electron chi connectivity index (χ4n) is 3.71. The van der Waals surface area contributed by atoms with E-state index in [4.69, 9.17) is 14.2 Å². The van der Waals surface area contributed by atoms with Crippen LogP contribution in [0.25, 0.3) is 0 Å². The number of nitrogens with one attached hydrogen (secondary N) is 1. The van der Waals surface area contributed by atoms with Crippen molar-refractivity contribution < 1.29 is 27.4 Å². The summed E-state index contributed by atoms with van der Waals surface area (Å²) in [6, 6.07) is 12.9. The Hall–Kier alpha value is -2.94. The van der Waals surface area contributed by atoms with E-state index in [9.17, 15) is 13.2 Å². The van der Waals surface area contributed by atoms with Gasteiger partial charge in [-0.3, -0.25) is 9.10 Å². The minimum Gasteiger partial charge on any atom is -0.491 e. The Morgan fingerprint density at radius 2 is 1.79 bits per heavy atom. The van der Waals surface area contributed by atoms with Crippen LogP contribution in [0.1, 0.15) is 39.2 Å². The third-order valence-corrected chi connectivity index (χ3v) is 6.55. The molecule has 0 bridgehead atoms. The summed E-state index contributed by atoms with van der Waals surface area (Å²) in [4.78, 5) is 12.3. The fourth-order valence-corrected chi connectivity index (χ4v) is 4.67. The smallest absolute Gasteiger partial charge is 0.232 e. The third kappa shape index (κ3) is 7.03. The Morgan fingerprint density at radius 3 is 2.50 bits per heavy atom. The van der Waals surface area contributed by atoms with Crippen LogP contribution in [0.3, 0.4) is 0 Å². The number of nitrogens with zero attached hydrogens (tertiary/aromatic N) is 1. The lowest BCUT2D eigenvalue weighted by molar-refractivity contribution is -0.121. The Balaban J connectivity index is 1.47. The molecule has 1 aliphatic rings. The highest BCUT2D eigenvalue weighted by molar-refractivity contribution is 7.92. The molecule has 34 heavy (non-hydrogen) atoms. The van der Waals surface area contributed by atoms with E-state index in [-0.39, 0.29) is 24.3 Å². The number of anilines is 1. The number of para-hydroxylation sites is 1. The molecule has 0 atom stereocenters. The number of rotatable bonds is 10. The zero-order valence-corrected chi connectivity index (χ0v) is 21.1. The number of carbonyl (C=O) groups excluding carboxylic acids is 1. The zero-order chi connectivity index (χ0) is 24.8. The Bertz CT molecular complexity index is 1090. The zero-order valence-electron chi connectivity index (χ0n) is 20.3. The SMILES string of the molecule is CC(C)(C)c1ccccc1OCCNC(=O)CCCN(c1ccc2c(c1)OCCO2)S(C)(=O)=O. The van der Waals surface area contributed by atoms with Crippen LogP contribution in [0.15, 0.2) is 42.5 Å². The molecular weight excluding hydrogens is 456 g/mol. The maximum atomic E-state index is 12.4. The summed E-state index contributed by atoms with van der Waals surface area (Å²) in [5.41, 5.74) is 1.56. The summed E-state index contributed by atoms with van der Waals surface area (Å²) in [5.74, 6) is 1.77. The topological polar surface area (TPSA) is 94.2 Å². The molecule has 0 aliphatic carbocycles. The van der Waals surface area contributed by atoms with Gasteiger partial charge in [0.2, 0.25) is 15.9 Å². The number of sulfonamides is 1. The maximum Gasteiger partial charge on any atom is 0.232 e. The van der Waals surface area contributed by atoms with Crippen molar-refractivity contribution in [2.45, 2.75) is 39.0 Å². The second-order valence-corrected chi connectivity index (χ2v) is 11.1. The van der Waals surface area contributed by atoms with Crippen LogP contribution in [-0.2, 0) is 20.2 Å². The summed E-state index contributed by atoms with van der Waals surface area (Å²) in [7, 11) is -3.52. The van der Waals surface area contributed by atoms with Crippen molar-refractivity contribution in [2.75, 3.05) is 43.5 Å². The second-order valence-electron chi connectivity index (χ2n) is 9.21. The molecule has 1 heterocycles. The fraction of sp³-hybridized carbons (Fsp3) is 0.480. The molecule has 0 aromatic heterocycles. The van der Waals surface area contributed by atoms with Gasteiger partial charge in [-0.05, 0) is 35.6 Å². The van der Waals surface area contributed by atoms with Crippen molar-refractivity contribution in [1.82, 2.24) is 5.32 Å². The van der Waals surface area contributed by atoms with Gasteiger partial charge in [-0.25, -0.2) is 8.42 Å². The van der Waals surface area contributed by atoms with E-state index in [1.54, 1.807) is 18.2 Å². The molecule has 1 amide bonds. The predicted molar refractivity (Wildman–Crippen MR) is 133 cm³/mol. The molecule has 9 heteroatoms. The van der Waals surface area contributed by atoms with Crippen LogP contribution in [-0.4, -0.2) is 53.5 Å². The number of amides is 1. The van der Waals surface area contributed by atoms with Gasteiger partial charge >= 0.3 is 0 Å². The largest absolute Gasteiger partial charge is 0.491 e. The van der Waals surface area contributed by atoms with Crippen molar-refractivity contribution >= 4 is 21.6 Å². The molecular formula is C25H34N2O6S. The molecule has 2 aromatic carbocycles. The molecule has 0 spiro atoms. The van der Waals surface area contributed by atoms with Crippen molar-refractivity contribution in [2.24, 2.45) is 0 Å². The number of hydrogen-bond acceptors (Lipinski definition) is 6. The Morgan fingerprint density at radius 1 is 1.09 bits per heavy atom. The molecule has 0 unspecified atom stereocenters. The van der Waals surface area contributed by atoms with E-state index >= 15 is 0 Å².